The van der Waals surface area contributed by atoms with Crippen molar-refractivity contribution in [2.75, 3.05) is 6.54 Å². The molecule has 1 heterocycles. The molecule has 0 aliphatic heterocycles. The Balaban J connectivity index is 1.75. The van der Waals surface area contributed by atoms with E-state index in [1.807, 2.05) is 0 Å². The molecule has 114 valence electrons. The van der Waals surface area contributed by atoms with E-state index in [4.69, 9.17) is 4.74 Å². The predicted octanol–water partition coefficient (Wildman–Crippen LogP) is 4.82. The molecule has 0 aliphatic rings. The van der Waals surface area contributed by atoms with Gasteiger partial charge in [0.1, 0.15) is 11.9 Å². The van der Waals surface area contributed by atoms with Crippen molar-refractivity contribution in [2.24, 2.45) is 0 Å². The Morgan fingerprint density at radius 3 is 2.52 bits per heavy atom. The van der Waals surface area contributed by atoms with Crippen LogP contribution in [0.4, 0.5) is 0 Å². The van der Waals surface area contributed by atoms with Crippen LogP contribution in [0.1, 0.15) is 43.6 Å². The summed E-state index contributed by atoms with van der Waals surface area (Å²) in [6.07, 6.45) is 1.34. The van der Waals surface area contributed by atoms with Gasteiger partial charge in [-0.1, -0.05) is 32.0 Å². The third-order valence-corrected chi connectivity index (χ3v) is 4.59. The van der Waals surface area contributed by atoms with Crippen LogP contribution in [0.25, 0.3) is 0 Å². The molecule has 1 N–H and O–H groups in total. The minimum absolute atomic E-state index is 0.166. The molecule has 0 saturated carbocycles. The molecule has 0 fully saturated rings. The van der Waals surface area contributed by atoms with Gasteiger partial charge in [0.05, 0.1) is 0 Å². The van der Waals surface area contributed by atoms with Crippen molar-refractivity contribution in [3.63, 3.8) is 0 Å². The molecule has 2 nitrogen and oxygen atoms in total. The molecule has 0 amide bonds. The number of ether oxygens (including phenoxy) is 1. The lowest BCUT2D eigenvalue weighted by Crippen LogP contribution is -2.28. The summed E-state index contributed by atoms with van der Waals surface area (Å²) in [6.45, 7) is 8.34. The zero-order valence-electron chi connectivity index (χ0n) is 13.1. The third kappa shape index (κ3) is 5.18. The Labute approximate surface area is 132 Å². The van der Waals surface area contributed by atoms with Gasteiger partial charge in [0.25, 0.3) is 0 Å². The van der Waals surface area contributed by atoms with Gasteiger partial charge in [-0.3, -0.25) is 0 Å². The van der Waals surface area contributed by atoms with E-state index in [9.17, 15) is 0 Å². The smallest absolute Gasteiger partial charge is 0.119 e. The summed E-state index contributed by atoms with van der Waals surface area (Å²) in [5.74, 6) is 1.57. The molecular weight excluding hydrogens is 278 g/mol. The van der Waals surface area contributed by atoms with E-state index in [0.29, 0.717) is 5.92 Å². The maximum atomic E-state index is 5.94. The summed E-state index contributed by atoms with van der Waals surface area (Å²) in [5, 5.41) is 5.54. The highest BCUT2D eigenvalue weighted by molar-refractivity contribution is 7.09. The van der Waals surface area contributed by atoms with E-state index in [0.717, 1.165) is 18.8 Å². The van der Waals surface area contributed by atoms with Crippen molar-refractivity contribution in [1.29, 1.82) is 0 Å². The third-order valence-electron chi connectivity index (χ3n) is 3.71. The molecule has 1 aromatic carbocycles. The summed E-state index contributed by atoms with van der Waals surface area (Å²) in [7, 11) is 0. The van der Waals surface area contributed by atoms with Gasteiger partial charge in [-0.2, -0.15) is 0 Å². The van der Waals surface area contributed by atoms with Crippen molar-refractivity contribution in [2.45, 2.75) is 45.8 Å². The van der Waals surface area contributed by atoms with Crippen LogP contribution in [0.15, 0.2) is 41.8 Å². The number of thiophene rings is 1. The summed E-state index contributed by atoms with van der Waals surface area (Å²) in [4.78, 5) is 1.36. The topological polar surface area (TPSA) is 21.3 Å². The zero-order chi connectivity index (χ0) is 15.1. The SMILES string of the molecule is CCC(C)c1ccc(OC(C)CNCc2cccs2)cc1. The number of rotatable bonds is 8. The fraction of sp³-hybridized carbons (Fsp3) is 0.444. The first kappa shape index (κ1) is 16.1. The van der Waals surface area contributed by atoms with Crippen LogP contribution in [-0.2, 0) is 6.54 Å². The maximum absolute atomic E-state index is 5.94. The Morgan fingerprint density at radius 2 is 1.90 bits per heavy atom. The molecule has 0 radical (unpaired) electrons. The van der Waals surface area contributed by atoms with E-state index in [-0.39, 0.29) is 6.10 Å². The second-order valence-corrected chi connectivity index (χ2v) is 6.55. The largest absolute Gasteiger partial charge is 0.489 e. The first-order valence-corrected chi connectivity index (χ1v) is 8.56. The van der Waals surface area contributed by atoms with Crippen molar-refractivity contribution in [1.82, 2.24) is 5.32 Å². The van der Waals surface area contributed by atoms with Crippen LogP contribution in [0.3, 0.4) is 0 Å². The van der Waals surface area contributed by atoms with Gasteiger partial charge >= 0.3 is 0 Å². The van der Waals surface area contributed by atoms with Crippen LogP contribution < -0.4 is 10.1 Å². The van der Waals surface area contributed by atoms with Crippen LogP contribution in [0.5, 0.6) is 5.75 Å². The van der Waals surface area contributed by atoms with Gasteiger partial charge in [0.2, 0.25) is 0 Å². The Hall–Kier alpha value is -1.32. The molecule has 0 aliphatic carbocycles. The minimum atomic E-state index is 0.166. The standard InChI is InChI=1S/C18H25NOS/c1-4-14(2)16-7-9-17(10-8-16)20-15(3)12-19-13-18-6-5-11-21-18/h5-11,14-15,19H,4,12-13H2,1-3H3. The second kappa shape index (κ2) is 8.20. The monoisotopic (exact) mass is 303 g/mol. The number of nitrogens with one attached hydrogen (secondary N) is 1. The van der Waals surface area contributed by atoms with Crippen LogP contribution >= 0.6 is 11.3 Å². The molecule has 0 bridgehead atoms. The van der Waals surface area contributed by atoms with E-state index in [1.54, 1.807) is 11.3 Å². The highest BCUT2D eigenvalue weighted by Gasteiger charge is 2.06. The van der Waals surface area contributed by atoms with Crippen LogP contribution in [0.2, 0.25) is 0 Å². The van der Waals surface area contributed by atoms with E-state index in [1.165, 1.54) is 16.9 Å². The molecule has 2 unspecified atom stereocenters. The van der Waals surface area contributed by atoms with Crippen molar-refractivity contribution in [3.05, 3.63) is 52.2 Å². The van der Waals surface area contributed by atoms with Gasteiger partial charge in [0.15, 0.2) is 0 Å². The fourth-order valence-corrected chi connectivity index (χ4v) is 2.87. The summed E-state index contributed by atoms with van der Waals surface area (Å²) < 4.78 is 5.94. The average molecular weight is 303 g/mol. The van der Waals surface area contributed by atoms with Gasteiger partial charge < -0.3 is 10.1 Å². The minimum Gasteiger partial charge on any atom is -0.489 e. The molecular formula is C18H25NOS. The molecule has 1 aromatic heterocycles. The maximum Gasteiger partial charge on any atom is 0.119 e. The average Bonchev–Trinajstić information content (AvgIpc) is 3.00. The molecule has 3 heteroatoms. The molecule has 21 heavy (non-hydrogen) atoms. The zero-order valence-corrected chi connectivity index (χ0v) is 14.0. The molecule has 2 aromatic rings. The summed E-state index contributed by atoms with van der Waals surface area (Å²) in [6, 6.07) is 12.7. The Morgan fingerprint density at radius 1 is 1.14 bits per heavy atom. The number of hydrogen-bond donors (Lipinski definition) is 1. The highest BCUT2D eigenvalue weighted by atomic mass is 32.1. The highest BCUT2D eigenvalue weighted by Crippen LogP contribution is 2.22. The van der Waals surface area contributed by atoms with Crippen molar-refractivity contribution < 1.29 is 4.74 Å². The van der Waals surface area contributed by atoms with Gasteiger partial charge in [-0.15, -0.1) is 11.3 Å². The quantitative estimate of drug-likeness (QED) is 0.755. The molecule has 0 spiro atoms. The molecule has 2 atom stereocenters. The van der Waals surface area contributed by atoms with Gasteiger partial charge in [0, 0.05) is 18.0 Å². The first-order valence-electron chi connectivity index (χ1n) is 7.68. The normalized spacial score (nSPS) is 13.9. The molecule has 0 saturated heterocycles. The predicted molar refractivity (Wildman–Crippen MR) is 91.3 cm³/mol. The number of benzene rings is 1. The van der Waals surface area contributed by atoms with Crippen LogP contribution in [-0.4, -0.2) is 12.6 Å². The van der Waals surface area contributed by atoms with Crippen molar-refractivity contribution >= 4 is 11.3 Å². The summed E-state index contributed by atoms with van der Waals surface area (Å²) >= 11 is 1.78. The lowest BCUT2D eigenvalue weighted by molar-refractivity contribution is 0.217. The first-order chi connectivity index (χ1) is 10.2. The van der Waals surface area contributed by atoms with Gasteiger partial charge in [-0.05, 0) is 48.4 Å². The van der Waals surface area contributed by atoms with Gasteiger partial charge in [-0.25, -0.2) is 0 Å². The molecule has 2 rings (SSSR count). The summed E-state index contributed by atoms with van der Waals surface area (Å²) in [5.41, 5.74) is 1.38. The Kier molecular flexibility index (Phi) is 6.27. The fourth-order valence-electron chi connectivity index (χ4n) is 2.20. The number of hydrogen-bond acceptors (Lipinski definition) is 3. The second-order valence-electron chi connectivity index (χ2n) is 5.52. The van der Waals surface area contributed by atoms with E-state index < -0.39 is 0 Å². The lowest BCUT2D eigenvalue weighted by atomic mass is 9.99. The van der Waals surface area contributed by atoms with Crippen molar-refractivity contribution in [3.8, 4) is 5.75 Å². The lowest BCUT2D eigenvalue weighted by Gasteiger charge is -2.16. The van der Waals surface area contributed by atoms with Crippen LogP contribution in [0, 0.1) is 0 Å². The van der Waals surface area contributed by atoms with E-state index >= 15 is 0 Å². The Bertz CT molecular complexity index is 507. The van der Waals surface area contributed by atoms with E-state index in [2.05, 4.69) is 67.9 Å².